The average molecular weight is 252 g/mol. The van der Waals surface area contributed by atoms with Gasteiger partial charge in [-0.1, -0.05) is 12.8 Å². The van der Waals surface area contributed by atoms with Crippen molar-refractivity contribution in [3.8, 4) is 0 Å². The number of nitrogens with one attached hydrogen (secondary N) is 1. The molecule has 3 aliphatic rings. The quantitative estimate of drug-likeness (QED) is 0.758. The van der Waals surface area contributed by atoms with Crippen LogP contribution in [-0.4, -0.2) is 49.3 Å². The summed E-state index contributed by atoms with van der Waals surface area (Å²) in [7, 11) is 0. The Kier molecular flexibility index (Phi) is 3.92. The highest BCUT2D eigenvalue weighted by Crippen LogP contribution is 2.40. The number of piperazine rings is 1. The number of ether oxygens (including phenoxy) is 1. The van der Waals surface area contributed by atoms with E-state index in [1.807, 2.05) is 0 Å². The van der Waals surface area contributed by atoms with Gasteiger partial charge in [-0.2, -0.15) is 0 Å². The fourth-order valence-corrected chi connectivity index (χ4v) is 3.92. The normalized spacial score (nSPS) is 32.2. The van der Waals surface area contributed by atoms with Gasteiger partial charge < -0.3 is 10.1 Å². The molecule has 3 fully saturated rings. The predicted octanol–water partition coefficient (Wildman–Crippen LogP) is 2.02. The molecule has 2 saturated carbocycles. The van der Waals surface area contributed by atoms with E-state index in [9.17, 15) is 0 Å². The maximum atomic E-state index is 5.59. The van der Waals surface area contributed by atoms with Crippen molar-refractivity contribution >= 4 is 0 Å². The fraction of sp³-hybridized carbons (Fsp3) is 1.00. The molecule has 1 aliphatic heterocycles. The van der Waals surface area contributed by atoms with Gasteiger partial charge in [-0.15, -0.1) is 0 Å². The van der Waals surface area contributed by atoms with Crippen molar-refractivity contribution in [2.75, 3.05) is 32.8 Å². The number of rotatable bonds is 5. The molecular formula is C15H28N2O. The maximum Gasteiger partial charge on any atom is 0.0593 e. The Hall–Kier alpha value is -0.120. The SMILES string of the molecule is CCOCCN1CC(C2CC2)NCC12CCCC2. The molecule has 1 heterocycles. The lowest BCUT2D eigenvalue weighted by Gasteiger charge is -2.48. The van der Waals surface area contributed by atoms with Crippen LogP contribution in [-0.2, 0) is 4.74 Å². The van der Waals surface area contributed by atoms with Gasteiger partial charge in [-0.3, -0.25) is 4.90 Å². The Labute approximate surface area is 111 Å². The highest BCUT2D eigenvalue weighted by atomic mass is 16.5. The predicted molar refractivity (Wildman–Crippen MR) is 73.8 cm³/mol. The molecule has 0 amide bonds. The zero-order chi connectivity index (χ0) is 12.4. The third kappa shape index (κ3) is 2.59. The lowest BCUT2D eigenvalue weighted by atomic mass is 9.90. The Morgan fingerprint density at radius 3 is 2.72 bits per heavy atom. The summed E-state index contributed by atoms with van der Waals surface area (Å²) in [4.78, 5) is 2.77. The van der Waals surface area contributed by atoms with Gasteiger partial charge >= 0.3 is 0 Å². The van der Waals surface area contributed by atoms with E-state index in [1.165, 1.54) is 51.6 Å². The molecule has 104 valence electrons. The first-order chi connectivity index (χ1) is 8.84. The van der Waals surface area contributed by atoms with Crippen LogP contribution in [0.15, 0.2) is 0 Å². The molecule has 3 nitrogen and oxygen atoms in total. The molecule has 1 saturated heterocycles. The minimum Gasteiger partial charge on any atom is -0.380 e. The van der Waals surface area contributed by atoms with Gasteiger partial charge in [0.2, 0.25) is 0 Å². The Balaban J connectivity index is 1.61. The summed E-state index contributed by atoms with van der Waals surface area (Å²) in [5, 5.41) is 3.85. The molecule has 3 heteroatoms. The summed E-state index contributed by atoms with van der Waals surface area (Å²) < 4.78 is 5.59. The second-order valence-corrected chi connectivity index (χ2v) is 6.40. The topological polar surface area (TPSA) is 24.5 Å². The van der Waals surface area contributed by atoms with E-state index >= 15 is 0 Å². The van der Waals surface area contributed by atoms with Crippen molar-refractivity contribution < 1.29 is 4.74 Å². The molecule has 2 aliphatic carbocycles. The second kappa shape index (κ2) is 5.48. The summed E-state index contributed by atoms with van der Waals surface area (Å²) in [6, 6.07) is 0.762. The van der Waals surface area contributed by atoms with Crippen LogP contribution in [0, 0.1) is 5.92 Å². The number of hydrogen-bond donors (Lipinski definition) is 1. The first-order valence-electron chi connectivity index (χ1n) is 7.90. The van der Waals surface area contributed by atoms with E-state index in [1.54, 1.807) is 0 Å². The highest BCUT2D eigenvalue weighted by molar-refractivity contribution is 5.04. The van der Waals surface area contributed by atoms with Gasteiger partial charge in [0.1, 0.15) is 0 Å². The first-order valence-corrected chi connectivity index (χ1v) is 7.90. The van der Waals surface area contributed by atoms with Gasteiger partial charge in [0.05, 0.1) is 6.61 Å². The van der Waals surface area contributed by atoms with Crippen LogP contribution in [0.25, 0.3) is 0 Å². The van der Waals surface area contributed by atoms with E-state index in [0.717, 1.165) is 31.7 Å². The summed E-state index contributed by atoms with van der Waals surface area (Å²) >= 11 is 0. The minimum atomic E-state index is 0.475. The molecule has 0 aromatic heterocycles. The molecule has 0 radical (unpaired) electrons. The van der Waals surface area contributed by atoms with Crippen molar-refractivity contribution in [3.63, 3.8) is 0 Å². The monoisotopic (exact) mass is 252 g/mol. The largest absolute Gasteiger partial charge is 0.380 e. The second-order valence-electron chi connectivity index (χ2n) is 6.40. The Bertz CT molecular complexity index is 272. The van der Waals surface area contributed by atoms with Crippen LogP contribution in [0.3, 0.4) is 0 Å². The average Bonchev–Trinajstić information content (AvgIpc) is 3.13. The molecule has 0 aromatic rings. The van der Waals surface area contributed by atoms with E-state index in [2.05, 4.69) is 17.1 Å². The van der Waals surface area contributed by atoms with Crippen LogP contribution in [0.5, 0.6) is 0 Å². The fourth-order valence-electron chi connectivity index (χ4n) is 3.92. The molecule has 3 rings (SSSR count). The Morgan fingerprint density at radius 1 is 1.28 bits per heavy atom. The van der Waals surface area contributed by atoms with Gasteiger partial charge in [0, 0.05) is 37.8 Å². The van der Waals surface area contributed by atoms with Crippen molar-refractivity contribution in [1.82, 2.24) is 10.2 Å². The highest BCUT2D eigenvalue weighted by Gasteiger charge is 2.46. The summed E-state index contributed by atoms with van der Waals surface area (Å²) in [5.41, 5.74) is 0.475. The van der Waals surface area contributed by atoms with E-state index in [-0.39, 0.29) is 0 Å². The lowest BCUT2D eigenvalue weighted by Crippen LogP contribution is -2.64. The molecule has 1 spiro atoms. The van der Waals surface area contributed by atoms with Gasteiger partial charge in [-0.05, 0) is 38.5 Å². The summed E-state index contributed by atoms with van der Waals surface area (Å²) in [6.45, 7) is 7.48. The van der Waals surface area contributed by atoms with Crippen molar-refractivity contribution in [3.05, 3.63) is 0 Å². The van der Waals surface area contributed by atoms with Gasteiger partial charge in [0.25, 0.3) is 0 Å². The Morgan fingerprint density at radius 2 is 2.06 bits per heavy atom. The molecule has 1 N–H and O–H groups in total. The number of nitrogens with zero attached hydrogens (tertiary/aromatic N) is 1. The maximum absolute atomic E-state index is 5.59. The van der Waals surface area contributed by atoms with Gasteiger partial charge in [-0.25, -0.2) is 0 Å². The molecule has 18 heavy (non-hydrogen) atoms. The molecule has 1 unspecified atom stereocenters. The first kappa shape index (κ1) is 12.9. The number of hydrogen-bond acceptors (Lipinski definition) is 3. The van der Waals surface area contributed by atoms with Crippen LogP contribution < -0.4 is 5.32 Å². The van der Waals surface area contributed by atoms with Crippen molar-refractivity contribution in [2.24, 2.45) is 5.92 Å². The van der Waals surface area contributed by atoms with Crippen LogP contribution in [0.4, 0.5) is 0 Å². The third-order valence-corrected chi connectivity index (χ3v) is 5.22. The zero-order valence-electron chi connectivity index (χ0n) is 11.8. The summed E-state index contributed by atoms with van der Waals surface area (Å²) in [6.07, 6.45) is 8.52. The smallest absolute Gasteiger partial charge is 0.0593 e. The third-order valence-electron chi connectivity index (χ3n) is 5.22. The lowest BCUT2D eigenvalue weighted by molar-refractivity contribution is 0.0115. The molecule has 0 bridgehead atoms. The summed E-state index contributed by atoms with van der Waals surface area (Å²) in [5.74, 6) is 0.971. The standard InChI is InChI=1S/C15H28N2O/c1-2-18-10-9-17-11-14(13-5-6-13)16-12-15(17)7-3-4-8-15/h13-14,16H,2-12H2,1H3. The van der Waals surface area contributed by atoms with Gasteiger partial charge in [0.15, 0.2) is 0 Å². The molecule has 0 aromatic carbocycles. The van der Waals surface area contributed by atoms with E-state index < -0.39 is 0 Å². The van der Waals surface area contributed by atoms with Crippen LogP contribution in [0.2, 0.25) is 0 Å². The van der Waals surface area contributed by atoms with Crippen molar-refractivity contribution in [1.29, 1.82) is 0 Å². The van der Waals surface area contributed by atoms with E-state index in [4.69, 9.17) is 4.74 Å². The molecule has 1 atom stereocenters. The van der Waals surface area contributed by atoms with Crippen molar-refractivity contribution in [2.45, 2.75) is 57.0 Å². The molecular weight excluding hydrogens is 224 g/mol. The zero-order valence-corrected chi connectivity index (χ0v) is 11.8. The van der Waals surface area contributed by atoms with Crippen LogP contribution in [0.1, 0.15) is 45.4 Å². The van der Waals surface area contributed by atoms with Crippen LogP contribution >= 0.6 is 0 Å². The van der Waals surface area contributed by atoms with E-state index in [0.29, 0.717) is 5.54 Å². The minimum absolute atomic E-state index is 0.475.